The molecule has 0 saturated heterocycles. The molecule has 1 amide bonds. The molecule has 2 N–H and O–H groups in total. The number of rotatable bonds is 5. The van der Waals surface area contributed by atoms with Gasteiger partial charge in [0.15, 0.2) is 5.82 Å². The maximum absolute atomic E-state index is 11.5. The lowest BCUT2D eigenvalue weighted by molar-refractivity contribution is -0.119. The molecule has 0 radical (unpaired) electrons. The van der Waals surface area contributed by atoms with E-state index in [0.717, 1.165) is 6.54 Å². The summed E-state index contributed by atoms with van der Waals surface area (Å²) in [5.41, 5.74) is 0. The Morgan fingerprint density at radius 3 is 2.87 bits per heavy atom. The minimum atomic E-state index is -0.128. The molecule has 0 bridgehead atoms. The zero-order chi connectivity index (χ0) is 11.3. The van der Waals surface area contributed by atoms with Crippen LogP contribution < -0.4 is 10.6 Å². The molecule has 1 heterocycles. The molecule has 0 aliphatic rings. The molecule has 1 unspecified atom stereocenters. The van der Waals surface area contributed by atoms with Crippen molar-refractivity contribution in [2.45, 2.75) is 20.8 Å². The molecule has 0 saturated carbocycles. The Balaban J connectivity index is 2.41. The Morgan fingerprint density at radius 1 is 1.60 bits per heavy atom. The number of carbonyl (C=O) groups excluding carboxylic acids is 1. The number of nitrogens with zero attached hydrogens (tertiary/aromatic N) is 2. The number of nitrogens with one attached hydrogen (secondary N) is 2. The van der Waals surface area contributed by atoms with Crippen molar-refractivity contribution >= 4 is 11.9 Å². The number of aromatic nitrogens is 2. The van der Waals surface area contributed by atoms with Crippen LogP contribution in [0.25, 0.3) is 0 Å². The Kier molecular flexibility index (Phi) is 4.23. The first-order valence-corrected chi connectivity index (χ1v) is 4.95. The Morgan fingerprint density at radius 2 is 2.33 bits per heavy atom. The van der Waals surface area contributed by atoms with Crippen molar-refractivity contribution < 1.29 is 9.32 Å². The average Bonchev–Trinajstić information content (AvgIpc) is 2.60. The van der Waals surface area contributed by atoms with E-state index in [1.165, 1.54) is 0 Å². The first-order valence-electron chi connectivity index (χ1n) is 4.95. The molecule has 15 heavy (non-hydrogen) atoms. The minimum Gasteiger partial charge on any atom is -0.316 e. The molecule has 0 spiro atoms. The van der Waals surface area contributed by atoms with Crippen molar-refractivity contribution in [3.8, 4) is 0 Å². The maximum atomic E-state index is 11.5. The normalized spacial score (nSPS) is 12.5. The monoisotopic (exact) mass is 212 g/mol. The topological polar surface area (TPSA) is 80.0 Å². The lowest BCUT2D eigenvalue weighted by Gasteiger charge is -2.09. The van der Waals surface area contributed by atoms with Gasteiger partial charge in [0, 0.05) is 12.5 Å². The Labute approximate surface area is 88.4 Å². The van der Waals surface area contributed by atoms with E-state index >= 15 is 0 Å². The van der Waals surface area contributed by atoms with E-state index in [0.29, 0.717) is 12.4 Å². The smallest absolute Gasteiger partial charge is 0.316 e. The first kappa shape index (κ1) is 11.6. The van der Waals surface area contributed by atoms with Crippen LogP contribution in [0.4, 0.5) is 6.01 Å². The molecule has 0 aliphatic carbocycles. The van der Waals surface area contributed by atoms with E-state index in [4.69, 9.17) is 4.52 Å². The predicted molar refractivity (Wildman–Crippen MR) is 55.4 cm³/mol. The minimum absolute atomic E-state index is 0.125. The fourth-order valence-corrected chi connectivity index (χ4v) is 1.03. The average molecular weight is 212 g/mol. The van der Waals surface area contributed by atoms with Gasteiger partial charge in [0.1, 0.15) is 0 Å². The molecular weight excluding hydrogens is 196 g/mol. The highest BCUT2D eigenvalue weighted by Gasteiger charge is 2.14. The van der Waals surface area contributed by atoms with E-state index in [9.17, 15) is 4.79 Å². The van der Waals surface area contributed by atoms with Crippen LogP contribution in [0.15, 0.2) is 4.52 Å². The van der Waals surface area contributed by atoms with Gasteiger partial charge in [-0.15, -0.1) is 0 Å². The van der Waals surface area contributed by atoms with Crippen LogP contribution in [0, 0.1) is 12.8 Å². The molecule has 1 aromatic rings. The predicted octanol–water partition coefficient (Wildman–Crippen LogP) is 0.562. The summed E-state index contributed by atoms with van der Waals surface area (Å²) in [5.74, 6) is 0.251. The van der Waals surface area contributed by atoms with Gasteiger partial charge in [0.25, 0.3) is 0 Å². The Bertz CT molecular complexity index is 324. The highest BCUT2D eigenvalue weighted by molar-refractivity contribution is 5.90. The van der Waals surface area contributed by atoms with Crippen molar-refractivity contribution in [3.63, 3.8) is 0 Å². The van der Waals surface area contributed by atoms with Gasteiger partial charge in [0.05, 0.1) is 0 Å². The van der Waals surface area contributed by atoms with Gasteiger partial charge in [-0.3, -0.25) is 10.1 Å². The molecule has 0 aliphatic heterocycles. The zero-order valence-corrected chi connectivity index (χ0v) is 9.20. The highest BCUT2D eigenvalue weighted by Crippen LogP contribution is 2.04. The molecule has 6 nitrogen and oxygen atoms in total. The van der Waals surface area contributed by atoms with Gasteiger partial charge in [-0.1, -0.05) is 19.0 Å². The van der Waals surface area contributed by atoms with Crippen LogP contribution in [0.3, 0.4) is 0 Å². The van der Waals surface area contributed by atoms with Gasteiger partial charge < -0.3 is 9.84 Å². The number of anilines is 1. The number of hydrogen-bond acceptors (Lipinski definition) is 5. The summed E-state index contributed by atoms with van der Waals surface area (Å²) < 4.78 is 4.78. The van der Waals surface area contributed by atoms with Crippen molar-refractivity contribution in [1.29, 1.82) is 0 Å². The quantitative estimate of drug-likeness (QED) is 0.745. The van der Waals surface area contributed by atoms with Crippen molar-refractivity contribution in [3.05, 3.63) is 5.82 Å². The van der Waals surface area contributed by atoms with Gasteiger partial charge in [0.2, 0.25) is 5.91 Å². The number of aryl methyl sites for hydroxylation is 1. The van der Waals surface area contributed by atoms with Crippen LogP contribution >= 0.6 is 0 Å². The van der Waals surface area contributed by atoms with E-state index in [1.807, 2.05) is 13.8 Å². The van der Waals surface area contributed by atoms with Crippen LogP contribution in [0.2, 0.25) is 0 Å². The lowest BCUT2D eigenvalue weighted by atomic mass is 10.1. The summed E-state index contributed by atoms with van der Waals surface area (Å²) in [7, 11) is 0. The van der Waals surface area contributed by atoms with E-state index in [-0.39, 0.29) is 17.8 Å². The highest BCUT2D eigenvalue weighted by atomic mass is 16.5. The molecule has 1 rings (SSSR count). The zero-order valence-electron chi connectivity index (χ0n) is 9.20. The molecule has 1 aromatic heterocycles. The van der Waals surface area contributed by atoms with Crippen LogP contribution in [0.5, 0.6) is 0 Å². The van der Waals surface area contributed by atoms with Crippen molar-refractivity contribution in [2.75, 3.05) is 18.4 Å². The summed E-state index contributed by atoms with van der Waals surface area (Å²) in [6.45, 7) is 7.00. The third kappa shape index (κ3) is 3.67. The summed E-state index contributed by atoms with van der Waals surface area (Å²) in [5, 5.41) is 9.22. The second kappa shape index (κ2) is 5.45. The second-order valence-electron chi connectivity index (χ2n) is 3.34. The van der Waals surface area contributed by atoms with Gasteiger partial charge in [-0.05, 0) is 13.5 Å². The molecule has 1 atom stereocenters. The summed E-state index contributed by atoms with van der Waals surface area (Å²) in [6, 6.07) is 0.154. The van der Waals surface area contributed by atoms with Crippen LogP contribution in [0.1, 0.15) is 19.7 Å². The molecular formula is C9H16N4O2. The third-order valence-electron chi connectivity index (χ3n) is 1.91. The van der Waals surface area contributed by atoms with Crippen LogP contribution in [-0.2, 0) is 4.79 Å². The van der Waals surface area contributed by atoms with Gasteiger partial charge in [-0.25, -0.2) is 0 Å². The molecule has 84 valence electrons. The SMILES string of the molecule is CCNCC(C)C(=O)Nc1nc(C)no1. The fraction of sp³-hybridized carbons (Fsp3) is 0.667. The number of hydrogen-bond donors (Lipinski definition) is 2. The van der Waals surface area contributed by atoms with Gasteiger partial charge in [-0.2, -0.15) is 4.98 Å². The second-order valence-corrected chi connectivity index (χ2v) is 3.34. The van der Waals surface area contributed by atoms with E-state index in [2.05, 4.69) is 20.8 Å². The van der Waals surface area contributed by atoms with Gasteiger partial charge >= 0.3 is 6.01 Å². The maximum Gasteiger partial charge on any atom is 0.328 e. The molecule has 0 aromatic carbocycles. The lowest BCUT2D eigenvalue weighted by Crippen LogP contribution is -2.30. The third-order valence-corrected chi connectivity index (χ3v) is 1.91. The van der Waals surface area contributed by atoms with Crippen molar-refractivity contribution in [2.24, 2.45) is 5.92 Å². The largest absolute Gasteiger partial charge is 0.328 e. The standard InChI is InChI=1S/C9H16N4O2/c1-4-10-5-6(2)8(14)12-9-11-7(3)13-15-9/h6,10H,4-5H2,1-3H3,(H,11,12,13,14). The van der Waals surface area contributed by atoms with Crippen LogP contribution in [-0.4, -0.2) is 29.1 Å². The summed E-state index contributed by atoms with van der Waals surface area (Å²) >= 11 is 0. The number of amides is 1. The summed E-state index contributed by atoms with van der Waals surface area (Å²) in [4.78, 5) is 15.4. The van der Waals surface area contributed by atoms with E-state index in [1.54, 1.807) is 6.92 Å². The number of carbonyl (C=O) groups is 1. The van der Waals surface area contributed by atoms with Crippen molar-refractivity contribution in [1.82, 2.24) is 15.5 Å². The summed E-state index contributed by atoms with van der Waals surface area (Å²) in [6.07, 6.45) is 0. The fourth-order valence-electron chi connectivity index (χ4n) is 1.03. The van der Waals surface area contributed by atoms with E-state index < -0.39 is 0 Å². The molecule has 0 fully saturated rings. The Hall–Kier alpha value is -1.43. The first-order chi connectivity index (χ1) is 7.13. The molecule has 6 heteroatoms.